The molecular weight excluding hydrogens is 226 g/mol. The van der Waals surface area contributed by atoms with E-state index in [4.69, 9.17) is 22.1 Å². The summed E-state index contributed by atoms with van der Waals surface area (Å²) >= 11 is 5.93. The summed E-state index contributed by atoms with van der Waals surface area (Å²) in [4.78, 5) is 9.83. The first kappa shape index (κ1) is 12.2. The number of nitrogens with zero attached hydrogens (tertiary/aromatic N) is 5. The Kier molecular flexibility index (Phi) is 4.04. The fourth-order valence-electron chi connectivity index (χ4n) is 1.14. The van der Waals surface area contributed by atoms with Gasteiger partial charge < -0.3 is 4.90 Å². The summed E-state index contributed by atoms with van der Waals surface area (Å²) < 4.78 is 0. The molecule has 5 nitrogen and oxygen atoms in total. The highest BCUT2D eigenvalue weighted by Gasteiger charge is 2.14. The quantitative estimate of drug-likeness (QED) is 0.744. The summed E-state index contributed by atoms with van der Waals surface area (Å²) in [6.07, 6.45) is 0. The Hall–Kier alpha value is -1.85. The van der Waals surface area contributed by atoms with Crippen LogP contribution in [-0.2, 0) is 0 Å². The molecule has 0 aliphatic heterocycles. The molecule has 0 N–H and O–H groups in total. The molecule has 0 unspecified atom stereocenters. The fraction of sp³-hybridized carbons (Fsp3) is 0.400. The van der Waals surface area contributed by atoms with Gasteiger partial charge in [-0.15, -0.1) is 0 Å². The summed E-state index contributed by atoms with van der Waals surface area (Å²) in [6.45, 7) is 3.73. The lowest BCUT2D eigenvalue weighted by Crippen LogP contribution is -2.26. The SMILES string of the molecule is Cc1nc(Cl)c(N(CC#N)CC#N)nc1C. The number of aromatic nitrogens is 2. The lowest BCUT2D eigenvalue weighted by Gasteiger charge is -2.18. The van der Waals surface area contributed by atoms with Crippen molar-refractivity contribution in [3.63, 3.8) is 0 Å². The minimum absolute atomic E-state index is 0.0600. The van der Waals surface area contributed by atoms with E-state index in [-0.39, 0.29) is 18.2 Å². The van der Waals surface area contributed by atoms with Gasteiger partial charge in [-0.05, 0) is 13.8 Å². The topological polar surface area (TPSA) is 76.6 Å². The largest absolute Gasteiger partial charge is 0.327 e. The molecule has 1 rings (SSSR count). The Bertz CT molecular complexity index is 455. The number of rotatable bonds is 3. The number of nitriles is 2. The first-order valence-electron chi connectivity index (χ1n) is 4.59. The molecule has 1 aromatic heterocycles. The molecule has 6 heteroatoms. The Morgan fingerprint density at radius 1 is 1.12 bits per heavy atom. The molecule has 0 saturated heterocycles. The molecule has 16 heavy (non-hydrogen) atoms. The van der Waals surface area contributed by atoms with Crippen molar-refractivity contribution in [3.8, 4) is 12.1 Å². The minimum Gasteiger partial charge on any atom is -0.327 e. The van der Waals surface area contributed by atoms with Crippen LogP contribution >= 0.6 is 11.6 Å². The molecule has 0 saturated carbocycles. The van der Waals surface area contributed by atoms with Crippen LogP contribution in [0.5, 0.6) is 0 Å². The lowest BCUT2D eigenvalue weighted by atomic mass is 10.3. The highest BCUT2D eigenvalue weighted by molar-refractivity contribution is 6.31. The molecule has 0 atom stereocenters. The van der Waals surface area contributed by atoms with Crippen molar-refractivity contribution in [1.29, 1.82) is 10.5 Å². The van der Waals surface area contributed by atoms with E-state index in [9.17, 15) is 0 Å². The zero-order chi connectivity index (χ0) is 12.1. The zero-order valence-electron chi connectivity index (χ0n) is 9.03. The Morgan fingerprint density at radius 3 is 2.12 bits per heavy atom. The predicted octanol–water partition coefficient (Wildman–Crippen LogP) is 1.60. The summed E-state index contributed by atoms with van der Waals surface area (Å²) in [7, 11) is 0. The van der Waals surface area contributed by atoms with Gasteiger partial charge in [-0.2, -0.15) is 10.5 Å². The van der Waals surface area contributed by atoms with Crippen molar-refractivity contribution in [3.05, 3.63) is 16.5 Å². The third kappa shape index (κ3) is 2.59. The van der Waals surface area contributed by atoms with Crippen molar-refractivity contribution >= 4 is 17.4 Å². The molecule has 82 valence electrons. The maximum absolute atomic E-state index is 8.65. The van der Waals surface area contributed by atoms with E-state index in [2.05, 4.69) is 9.97 Å². The third-order valence-corrected chi connectivity index (χ3v) is 2.32. The van der Waals surface area contributed by atoms with E-state index in [1.54, 1.807) is 13.8 Å². The summed E-state index contributed by atoms with van der Waals surface area (Å²) in [5, 5.41) is 17.5. The fourth-order valence-corrected chi connectivity index (χ4v) is 1.43. The Morgan fingerprint density at radius 2 is 1.62 bits per heavy atom. The zero-order valence-corrected chi connectivity index (χ0v) is 9.78. The molecule has 0 bridgehead atoms. The van der Waals surface area contributed by atoms with Crippen LogP contribution in [-0.4, -0.2) is 23.1 Å². The van der Waals surface area contributed by atoms with Gasteiger partial charge in [-0.1, -0.05) is 11.6 Å². The van der Waals surface area contributed by atoms with Crippen LogP contribution in [0, 0.1) is 36.5 Å². The van der Waals surface area contributed by atoms with E-state index in [1.165, 1.54) is 4.90 Å². The van der Waals surface area contributed by atoms with Crippen LogP contribution in [0.2, 0.25) is 5.15 Å². The van der Waals surface area contributed by atoms with Gasteiger partial charge in [0.2, 0.25) is 0 Å². The standard InChI is InChI=1S/C10H10ClN5/c1-7-8(2)15-10(9(11)14-7)16(5-3-12)6-4-13/h5-6H2,1-2H3. The second kappa shape index (κ2) is 5.29. The van der Waals surface area contributed by atoms with Crippen LogP contribution in [0.15, 0.2) is 0 Å². The van der Waals surface area contributed by atoms with Crippen molar-refractivity contribution in [2.75, 3.05) is 18.0 Å². The molecular formula is C10H10ClN5. The molecule has 0 fully saturated rings. The van der Waals surface area contributed by atoms with Gasteiger partial charge in [0.25, 0.3) is 0 Å². The average Bonchev–Trinajstić information content (AvgIpc) is 2.23. The van der Waals surface area contributed by atoms with Crippen molar-refractivity contribution < 1.29 is 0 Å². The van der Waals surface area contributed by atoms with E-state index in [0.29, 0.717) is 5.82 Å². The molecule has 0 aromatic carbocycles. The smallest absolute Gasteiger partial charge is 0.171 e. The van der Waals surface area contributed by atoms with E-state index >= 15 is 0 Å². The molecule has 0 aliphatic carbocycles. The van der Waals surface area contributed by atoms with Gasteiger partial charge in [0.15, 0.2) is 11.0 Å². The van der Waals surface area contributed by atoms with Gasteiger partial charge in [0, 0.05) is 0 Å². The van der Waals surface area contributed by atoms with Crippen LogP contribution < -0.4 is 4.90 Å². The molecule has 1 aromatic rings. The minimum atomic E-state index is 0.0600. The second-order valence-corrected chi connectivity index (χ2v) is 3.54. The van der Waals surface area contributed by atoms with Crippen LogP contribution in [0.3, 0.4) is 0 Å². The van der Waals surface area contributed by atoms with Crippen LogP contribution in [0.4, 0.5) is 5.82 Å². The van der Waals surface area contributed by atoms with Gasteiger partial charge in [0.05, 0.1) is 23.5 Å². The maximum Gasteiger partial charge on any atom is 0.171 e. The number of anilines is 1. The van der Waals surface area contributed by atoms with Crippen LogP contribution in [0.1, 0.15) is 11.4 Å². The van der Waals surface area contributed by atoms with E-state index in [1.807, 2.05) is 12.1 Å². The lowest BCUT2D eigenvalue weighted by molar-refractivity contribution is 0.905. The molecule has 1 heterocycles. The number of hydrogen-bond donors (Lipinski definition) is 0. The average molecular weight is 236 g/mol. The summed E-state index contributed by atoms with van der Waals surface area (Å²) in [5.41, 5.74) is 1.47. The normalized spacial score (nSPS) is 9.31. The number of aryl methyl sites for hydroxylation is 2. The van der Waals surface area contributed by atoms with Crippen molar-refractivity contribution in [1.82, 2.24) is 9.97 Å². The van der Waals surface area contributed by atoms with Gasteiger partial charge >= 0.3 is 0 Å². The van der Waals surface area contributed by atoms with Gasteiger partial charge in [-0.25, -0.2) is 9.97 Å². The maximum atomic E-state index is 8.65. The molecule has 0 aliphatic rings. The molecule has 0 radical (unpaired) electrons. The predicted molar refractivity (Wildman–Crippen MR) is 60.0 cm³/mol. The first-order valence-corrected chi connectivity index (χ1v) is 4.97. The Labute approximate surface area is 98.9 Å². The highest BCUT2D eigenvalue weighted by atomic mass is 35.5. The van der Waals surface area contributed by atoms with Crippen LogP contribution in [0.25, 0.3) is 0 Å². The van der Waals surface area contributed by atoms with Crippen molar-refractivity contribution in [2.45, 2.75) is 13.8 Å². The van der Waals surface area contributed by atoms with Crippen molar-refractivity contribution in [2.24, 2.45) is 0 Å². The molecule has 0 spiro atoms. The highest BCUT2D eigenvalue weighted by Crippen LogP contribution is 2.22. The summed E-state index contributed by atoms with van der Waals surface area (Å²) in [5.74, 6) is 0.382. The van der Waals surface area contributed by atoms with Gasteiger partial charge in [0.1, 0.15) is 13.1 Å². The van der Waals surface area contributed by atoms with E-state index in [0.717, 1.165) is 11.4 Å². The third-order valence-electron chi connectivity index (χ3n) is 2.07. The van der Waals surface area contributed by atoms with Gasteiger partial charge in [-0.3, -0.25) is 0 Å². The first-order chi connectivity index (χ1) is 7.60. The summed E-state index contributed by atoms with van der Waals surface area (Å²) in [6, 6.07) is 3.92. The second-order valence-electron chi connectivity index (χ2n) is 3.18. The number of hydrogen-bond acceptors (Lipinski definition) is 5. The molecule has 0 amide bonds. The monoisotopic (exact) mass is 235 g/mol. The number of halogens is 1. The Balaban J connectivity index is 3.15. The van der Waals surface area contributed by atoms with E-state index < -0.39 is 0 Å².